The number of aryl methyl sites for hydroxylation is 1. The second-order valence-corrected chi connectivity index (χ2v) is 7.41. The molecule has 0 radical (unpaired) electrons. The molecule has 1 aliphatic heterocycles. The Morgan fingerprint density at radius 2 is 1.93 bits per heavy atom. The van der Waals surface area contributed by atoms with Gasteiger partial charge in [0.25, 0.3) is 0 Å². The Labute approximate surface area is 159 Å². The van der Waals surface area contributed by atoms with Crippen LogP contribution in [0.2, 0.25) is 0 Å². The molecular formula is C23H25NO3. The first-order valence-corrected chi connectivity index (χ1v) is 9.64. The average Bonchev–Trinajstić information content (AvgIpc) is 3.08. The van der Waals surface area contributed by atoms with Gasteiger partial charge in [-0.1, -0.05) is 55.5 Å². The number of hydrogen-bond acceptors (Lipinski definition) is 2. The third-order valence-corrected chi connectivity index (χ3v) is 5.80. The number of carboxylic acid groups (broad SMARTS) is 1. The molecule has 2 aromatic carbocycles. The number of aromatic nitrogens is 1. The number of ether oxygens (including phenoxy) is 1. The predicted octanol–water partition coefficient (Wildman–Crippen LogP) is 4.99. The number of carbonyl (C=O) groups is 1. The molecule has 1 aliphatic rings. The van der Waals surface area contributed by atoms with Gasteiger partial charge in [0.05, 0.1) is 18.7 Å². The summed E-state index contributed by atoms with van der Waals surface area (Å²) in [6, 6.07) is 18.7. The molecule has 2 atom stereocenters. The number of fused-ring (bicyclic) bond motifs is 3. The van der Waals surface area contributed by atoms with Gasteiger partial charge >= 0.3 is 5.97 Å². The average molecular weight is 363 g/mol. The lowest BCUT2D eigenvalue weighted by molar-refractivity contribution is -0.149. The van der Waals surface area contributed by atoms with Crippen LogP contribution in [0, 0.1) is 0 Å². The first kappa shape index (κ1) is 17.8. The number of para-hydroxylation sites is 1. The molecule has 27 heavy (non-hydrogen) atoms. The summed E-state index contributed by atoms with van der Waals surface area (Å²) >= 11 is 0. The fraction of sp³-hybridized carbons (Fsp3) is 0.348. The van der Waals surface area contributed by atoms with E-state index in [0.29, 0.717) is 13.0 Å². The minimum Gasteiger partial charge on any atom is -0.481 e. The summed E-state index contributed by atoms with van der Waals surface area (Å²) in [5.74, 6) is -0.575. The zero-order valence-corrected chi connectivity index (χ0v) is 15.6. The monoisotopic (exact) mass is 363 g/mol. The van der Waals surface area contributed by atoms with Crippen molar-refractivity contribution in [3.63, 3.8) is 0 Å². The van der Waals surface area contributed by atoms with Gasteiger partial charge in [0.1, 0.15) is 5.60 Å². The maximum Gasteiger partial charge on any atom is 0.306 e. The van der Waals surface area contributed by atoms with Crippen molar-refractivity contribution in [2.75, 3.05) is 6.61 Å². The van der Waals surface area contributed by atoms with Gasteiger partial charge in [-0.2, -0.15) is 0 Å². The van der Waals surface area contributed by atoms with Crippen LogP contribution in [0.25, 0.3) is 10.9 Å². The molecule has 0 bridgehead atoms. The molecule has 0 aliphatic carbocycles. The second-order valence-electron chi connectivity index (χ2n) is 7.41. The highest BCUT2D eigenvalue weighted by Gasteiger charge is 2.43. The first-order valence-electron chi connectivity index (χ1n) is 9.64. The molecule has 2 N–H and O–H groups in total. The Bertz CT molecular complexity index is 947. The standard InChI is InChI=1S/C23H25NO3/c1-2-23(14-20(25)26)22-21(18-10-6-7-11-19(18)24-22)17(15-27-23)13-12-16-8-4-3-5-9-16/h3-11,17,24H,2,12-15H2,1H3,(H,25,26)/t17-,23?/m1/s1. The smallest absolute Gasteiger partial charge is 0.306 e. The third-order valence-electron chi connectivity index (χ3n) is 5.80. The van der Waals surface area contributed by atoms with Crippen molar-refractivity contribution in [2.45, 2.75) is 44.1 Å². The maximum atomic E-state index is 11.6. The molecule has 4 heteroatoms. The van der Waals surface area contributed by atoms with E-state index in [4.69, 9.17) is 4.74 Å². The highest BCUT2D eigenvalue weighted by molar-refractivity contribution is 5.86. The number of benzene rings is 2. The van der Waals surface area contributed by atoms with Crippen LogP contribution in [0.4, 0.5) is 0 Å². The lowest BCUT2D eigenvalue weighted by Gasteiger charge is -2.39. The van der Waals surface area contributed by atoms with Crippen LogP contribution in [0.15, 0.2) is 54.6 Å². The molecule has 1 unspecified atom stereocenters. The van der Waals surface area contributed by atoms with E-state index in [0.717, 1.165) is 24.1 Å². The molecule has 0 fully saturated rings. The largest absolute Gasteiger partial charge is 0.481 e. The number of aromatic amines is 1. The second kappa shape index (κ2) is 7.20. The number of nitrogens with one attached hydrogen (secondary N) is 1. The number of carboxylic acids is 1. The molecular weight excluding hydrogens is 338 g/mol. The molecule has 0 amide bonds. The predicted molar refractivity (Wildman–Crippen MR) is 106 cm³/mol. The Kier molecular flexibility index (Phi) is 4.75. The van der Waals surface area contributed by atoms with Crippen LogP contribution in [0.5, 0.6) is 0 Å². The van der Waals surface area contributed by atoms with E-state index in [1.54, 1.807) is 0 Å². The zero-order valence-electron chi connectivity index (χ0n) is 15.6. The van der Waals surface area contributed by atoms with Crippen LogP contribution in [0.3, 0.4) is 0 Å². The van der Waals surface area contributed by atoms with E-state index < -0.39 is 11.6 Å². The fourth-order valence-electron chi connectivity index (χ4n) is 4.36. The maximum absolute atomic E-state index is 11.6. The minimum absolute atomic E-state index is 0.0191. The summed E-state index contributed by atoms with van der Waals surface area (Å²) in [6.07, 6.45) is 2.57. The Morgan fingerprint density at radius 1 is 1.19 bits per heavy atom. The van der Waals surface area contributed by atoms with Crippen LogP contribution in [0.1, 0.15) is 48.9 Å². The lowest BCUT2D eigenvalue weighted by Crippen LogP contribution is -2.39. The molecule has 4 rings (SSSR count). The zero-order chi connectivity index (χ0) is 18.9. The molecule has 3 aromatic rings. The van der Waals surface area contributed by atoms with Crippen LogP contribution < -0.4 is 0 Å². The van der Waals surface area contributed by atoms with Crippen LogP contribution in [-0.2, 0) is 21.6 Å². The third kappa shape index (κ3) is 3.26. The van der Waals surface area contributed by atoms with Gasteiger partial charge in [0, 0.05) is 16.8 Å². The summed E-state index contributed by atoms with van der Waals surface area (Å²) in [5.41, 5.74) is 3.80. The van der Waals surface area contributed by atoms with Gasteiger partial charge in [-0.05, 0) is 36.5 Å². The number of H-pyrrole nitrogens is 1. The lowest BCUT2D eigenvalue weighted by atomic mass is 9.80. The van der Waals surface area contributed by atoms with Gasteiger partial charge in [-0.25, -0.2) is 0 Å². The van der Waals surface area contributed by atoms with E-state index in [1.807, 2.05) is 25.1 Å². The number of rotatable bonds is 6. The van der Waals surface area contributed by atoms with Gasteiger partial charge in [-0.15, -0.1) is 0 Å². The SMILES string of the molecule is CCC1(CC(=O)O)OC[C@@H](CCc2ccccc2)c2c1[nH]c1ccccc21. The van der Waals surface area contributed by atoms with Gasteiger partial charge in [0.2, 0.25) is 0 Å². The van der Waals surface area contributed by atoms with Gasteiger partial charge < -0.3 is 14.8 Å². The van der Waals surface area contributed by atoms with Gasteiger partial charge in [-0.3, -0.25) is 4.79 Å². The van der Waals surface area contributed by atoms with E-state index >= 15 is 0 Å². The van der Waals surface area contributed by atoms with E-state index in [-0.39, 0.29) is 12.3 Å². The van der Waals surface area contributed by atoms with Crippen molar-refractivity contribution in [3.05, 3.63) is 71.4 Å². The van der Waals surface area contributed by atoms with E-state index in [2.05, 4.69) is 41.4 Å². The van der Waals surface area contributed by atoms with E-state index in [9.17, 15) is 9.90 Å². The Morgan fingerprint density at radius 3 is 2.67 bits per heavy atom. The first-order chi connectivity index (χ1) is 13.1. The Hall–Kier alpha value is -2.59. The number of aliphatic carboxylic acids is 1. The molecule has 140 valence electrons. The Balaban J connectivity index is 1.74. The topological polar surface area (TPSA) is 62.3 Å². The summed E-state index contributed by atoms with van der Waals surface area (Å²) < 4.78 is 6.27. The van der Waals surface area contributed by atoms with Crippen molar-refractivity contribution in [1.29, 1.82) is 0 Å². The van der Waals surface area contributed by atoms with Gasteiger partial charge in [0.15, 0.2) is 0 Å². The number of hydrogen-bond donors (Lipinski definition) is 2. The fourth-order valence-corrected chi connectivity index (χ4v) is 4.36. The molecule has 0 saturated heterocycles. The van der Waals surface area contributed by atoms with Crippen molar-refractivity contribution in [3.8, 4) is 0 Å². The van der Waals surface area contributed by atoms with Crippen molar-refractivity contribution < 1.29 is 14.6 Å². The molecule has 2 heterocycles. The molecule has 4 nitrogen and oxygen atoms in total. The quantitative estimate of drug-likeness (QED) is 0.648. The summed E-state index contributed by atoms with van der Waals surface area (Å²) in [6.45, 7) is 2.56. The van der Waals surface area contributed by atoms with E-state index in [1.165, 1.54) is 16.5 Å². The molecule has 0 spiro atoms. The molecule has 1 aromatic heterocycles. The van der Waals surface area contributed by atoms with Crippen molar-refractivity contribution in [1.82, 2.24) is 4.98 Å². The highest BCUT2D eigenvalue weighted by atomic mass is 16.5. The summed E-state index contributed by atoms with van der Waals surface area (Å²) in [5, 5.41) is 10.7. The highest BCUT2D eigenvalue weighted by Crippen LogP contribution is 2.46. The van der Waals surface area contributed by atoms with Crippen LogP contribution in [-0.4, -0.2) is 22.7 Å². The molecule has 0 saturated carbocycles. The van der Waals surface area contributed by atoms with Crippen LogP contribution >= 0.6 is 0 Å². The normalized spacial score (nSPS) is 21.9. The van der Waals surface area contributed by atoms with Crippen molar-refractivity contribution in [2.24, 2.45) is 0 Å². The summed E-state index contributed by atoms with van der Waals surface area (Å²) in [4.78, 5) is 15.1. The van der Waals surface area contributed by atoms with Crippen molar-refractivity contribution >= 4 is 16.9 Å². The summed E-state index contributed by atoms with van der Waals surface area (Å²) in [7, 11) is 0. The minimum atomic E-state index is -0.829.